The Bertz CT molecular complexity index is 404. The third-order valence-corrected chi connectivity index (χ3v) is 2.49. The van der Waals surface area contributed by atoms with Crippen LogP contribution in [-0.4, -0.2) is 55.7 Å². The van der Waals surface area contributed by atoms with Crippen LogP contribution in [0.25, 0.3) is 0 Å². The molecule has 0 radical (unpaired) electrons. The number of amides is 2. The lowest BCUT2D eigenvalue weighted by atomic mass is 10.2. The first-order valence-corrected chi connectivity index (χ1v) is 4.73. The van der Waals surface area contributed by atoms with Crippen LogP contribution >= 0.6 is 0 Å². The van der Waals surface area contributed by atoms with Crippen LogP contribution in [0, 0.1) is 0 Å². The molecule has 1 aliphatic heterocycles. The lowest BCUT2D eigenvalue weighted by Gasteiger charge is -2.20. The highest BCUT2D eigenvalue weighted by Crippen LogP contribution is 2.19. The minimum Gasteiger partial charge on any atom is -0.391 e. The fraction of sp³-hybridized carbons (Fsp3) is 0.500. The van der Waals surface area contributed by atoms with Crippen molar-refractivity contribution in [1.29, 1.82) is 0 Å². The summed E-state index contributed by atoms with van der Waals surface area (Å²) >= 11 is 0. The number of nitrogens with two attached hydrogens (primary N) is 1. The number of rotatable bonds is 2. The Kier molecular flexibility index (Phi) is 2.57. The van der Waals surface area contributed by atoms with Crippen LogP contribution in [0.15, 0.2) is 6.33 Å². The molecule has 1 saturated heterocycles. The summed E-state index contributed by atoms with van der Waals surface area (Å²) in [6.07, 6.45) is 0.623. The van der Waals surface area contributed by atoms with E-state index < -0.39 is 24.0 Å². The van der Waals surface area contributed by atoms with Crippen molar-refractivity contribution in [2.45, 2.75) is 18.6 Å². The van der Waals surface area contributed by atoms with Crippen LogP contribution in [0.1, 0.15) is 17.0 Å². The van der Waals surface area contributed by atoms with Gasteiger partial charge in [0, 0.05) is 13.0 Å². The fourth-order valence-corrected chi connectivity index (χ4v) is 1.75. The highest BCUT2D eigenvalue weighted by atomic mass is 16.3. The van der Waals surface area contributed by atoms with E-state index >= 15 is 0 Å². The number of aromatic amines is 1. The van der Waals surface area contributed by atoms with Gasteiger partial charge in [-0.2, -0.15) is 5.10 Å². The zero-order valence-electron chi connectivity index (χ0n) is 8.33. The standard InChI is InChI=1S/C8H11N5O3/c9-6(15)5-1-4(14)2-13(5)8(16)7-10-3-11-12-7/h3-5,14H,1-2H2,(H2,9,15)(H,10,11,12). The molecule has 8 heteroatoms. The van der Waals surface area contributed by atoms with Crippen molar-refractivity contribution in [1.82, 2.24) is 20.1 Å². The molecule has 1 aromatic rings. The average Bonchev–Trinajstić information content (AvgIpc) is 2.84. The van der Waals surface area contributed by atoms with Crippen LogP contribution in [-0.2, 0) is 4.79 Å². The number of carbonyl (C=O) groups excluding carboxylic acids is 2. The molecule has 0 aromatic carbocycles. The third kappa shape index (κ3) is 1.74. The average molecular weight is 225 g/mol. The van der Waals surface area contributed by atoms with Crippen LogP contribution in [0.5, 0.6) is 0 Å². The van der Waals surface area contributed by atoms with Crippen molar-refractivity contribution in [3.8, 4) is 0 Å². The largest absolute Gasteiger partial charge is 0.391 e. The maximum atomic E-state index is 11.8. The lowest BCUT2D eigenvalue weighted by Crippen LogP contribution is -2.44. The number of primary amides is 1. The molecular formula is C8H11N5O3. The molecule has 0 spiro atoms. The molecule has 2 atom stereocenters. The normalized spacial score (nSPS) is 24.7. The van der Waals surface area contributed by atoms with Crippen LogP contribution in [0.2, 0.25) is 0 Å². The summed E-state index contributed by atoms with van der Waals surface area (Å²) in [7, 11) is 0. The molecule has 0 aliphatic carbocycles. The molecular weight excluding hydrogens is 214 g/mol. The number of likely N-dealkylation sites (tertiary alicyclic amines) is 1. The highest BCUT2D eigenvalue weighted by molar-refractivity contribution is 5.94. The first kappa shape index (κ1) is 10.6. The zero-order valence-corrected chi connectivity index (χ0v) is 8.33. The molecule has 0 saturated carbocycles. The summed E-state index contributed by atoms with van der Waals surface area (Å²) < 4.78 is 0. The number of β-amino-alcohol motifs (C(OH)–C–C–N with tert-alkyl or cyclic N) is 1. The van der Waals surface area contributed by atoms with Gasteiger partial charge in [-0.05, 0) is 0 Å². The Morgan fingerprint density at radius 1 is 1.62 bits per heavy atom. The fourth-order valence-electron chi connectivity index (χ4n) is 1.75. The summed E-state index contributed by atoms with van der Waals surface area (Å²) in [5, 5.41) is 15.4. The van der Waals surface area contributed by atoms with Gasteiger partial charge in [0.25, 0.3) is 5.91 Å². The number of aliphatic hydroxyl groups is 1. The van der Waals surface area contributed by atoms with E-state index in [2.05, 4.69) is 15.2 Å². The molecule has 4 N–H and O–H groups in total. The molecule has 16 heavy (non-hydrogen) atoms. The monoisotopic (exact) mass is 225 g/mol. The van der Waals surface area contributed by atoms with Crippen molar-refractivity contribution < 1.29 is 14.7 Å². The molecule has 2 heterocycles. The van der Waals surface area contributed by atoms with E-state index in [1.807, 2.05) is 0 Å². The summed E-state index contributed by atoms with van der Waals surface area (Å²) in [4.78, 5) is 27.8. The maximum Gasteiger partial charge on any atom is 0.291 e. The number of carbonyl (C=O) groups is 2. The number of nitrogens with one attached hydrogen (secondary N) is 1. The zero-order chi connectivity index (χ0) is 11.7. The Labute approximate surface area is 90.4 Å². The lowest BCUT2D eigenvalue weighted by molar-refractivity contribution is -0.121. The molecule has 1 aromatic heterocycles. The van der Waals surface area contributed by atoms with E-state index in [4.69, 9.17) is 5.73 Å². The van der Waals surface area contributed by atoms with Gasteiger partial charge in [0.1, 0.15) is 12.4 Å². The van der Waals surface area contributed by atoms with Crippen LogP contribution in [0.3, 0.4) is 0 Å². The van der Waals surface area contributed by atoms with Gasteiger partial charge in [-0.3, -0.25) is 14.7 Å². The summed E-state index contributed by atoms with van der Waals surface area (Å²) in [5.74, 6) is -1.09. The van der Waals surface area contributed by atoms with E-state index in [9.17, 15) is 14.7 Å². The van der Waals surface area contributed by atoms with Gasteiger partial charge >= 0.3 is 0 Å². The van der Waals surface area contributed by atoms with Crippen molar-refractivity contribution in [3.63, 3.8) is 0 Å². The topological polar surface area (TPSA) is 125 Å². The first-order chi connectivity index (χ1) is 7.59. The minimum atomic E-state index is -0.785. The van der Waals surface area contributed by atoms with E-state index in [0.29, 0.717) is 0 Å². The van der Waals surface area contributed by atoms with Crippen molar-refractivity contribution in [3.05, 3.63) is 12.2 Å². The van der Waals surface area contributed by atoms with Crippen molar-refractivity contribution in [2.75, 3.05) is 6.54 Å². The number of H-pyrrole nitrogens is 1. The van der Waals surface area contributed by atoms with E-state index in [1.165, 1.54) is 11.2 Å². The predicted octanol–water partition coefficient (Wildman–Crippen LogP) is -2.13. The number of aliphatic hydroxyl groups excluding tert-OH is 1. The van der Waals surface area contributed by atoms with E-state index in [0.717, 1.165) is 0 Å². The Hall–Kier alpha value is -1.96. The van der Waals surface area contributed by atoms with Gasteiger partial charge in [-0.25, -0.2) is 4.98 Å². The summed E-state index contributed by atoms with van der Waals surface area (Å²) in [6, 6.07) is -0.785. The Balaban J connectivity index is 2.20. The van der Waals surface area contributed by atoms with Crippen molar-refractivity contribution >= 4 is 11.8 Å². The molecule has 2 unspecified atom stereocenters. The number of aromatic nitrogens is 3. The quantitative estimate of drug-likeness (QED) is 0.530. The SMILES string of the molecule is NC(=O)C1CC(O)CN1C(=O)c1ncn[nH]1. The molecule has 0 bridgehead atoms. The molecule has 1 fully saturated rings. The smallest absolute Gasteiger partial charge is 0.291 e. The van der Waals surface area contributed by atoms with Gasteiger partial charge in [0.2, 0.25) is 11.7 Å². The second-order valence-corrected chi connectivity index (χ2v) is 3.60. The van der Waals surface area contributed by atoms with Crippen molar-refractivity contribution in [2.24, 2.45) is 5.73 Å². The number of hydrogen-bond acceptors (Lipinski definition) is 5. The maximum absolute atomic E-state index is 11.8. The third-order valence-electron chi connectivity index (χ3n) is 2.49. The molecule has 2 amide bonds. The van der Waals surface area contributed by atoms with Gasteiger partial charge in [-0.1, -0.05) is 0 Å². The molecule has 8 nitrogen and oxygen atoms in total. The summed E-state index contributed by atoms with van der Waals surface area (Å²) in [6.45, 7) is 0.0765. The molecule has 1 aliphatic rings. The number of hydrogen-bond donors (Lipinski definition) is 3. The van der Waals surface area contributed by atoms with Gasteiger partial charge < -0.3 is 15.7 Å². The van der Waals surface area contributed by atoms with Gasteiger partial charge in [0.15, 0.2) is 0 Å². The Morgan fingerprint density at radius 3 is 2.94 bits per heavy atom. The van der Waals surface area contributed by atoms with E-state index in [-0.39, 0.29) is 18.8 Å². The number of nitrogens with zero attached hydrogens (tertiary/aromatic N) is 3. The molecule has 2 rings (SSSR count). The Morgan fingerprint density at radius 2 is 2.38 bits per heavy atom. The van der Waals surface area contributed by atoms with Gasteiger partial charge in [-0.15, -0.1) is 0 Å². The van der Waals surface area contributed by atoms with Crippen LogP contribution in [0.4, 0.5) is 0 Å². The first-order valence-electron chi connectivity index (χ1n) is 4.73. The second-order valence-electron chi connectivity index (χ2n) is 3.60. The highest BCUT2D eigenvalue weighted by Gasteiger charge is 2.38. The molecule has 86 valence electrons. The minimum absolute atomic E-state index is 0.0281. The van der Waals surface area contributed by atoms with Gasteiger partial charge in [0.05, 0.1) is 6.10 Å². The van der Waals surface area contributed by atoms with Crippen LogP contribution < -0.4 is 5.73 Å². The predicted molar refractivity (Wildman–Crippen MR) is 51.0 cm³/mol. The van der Waals surface area contributed by atoms with E-state index in [1.54, 1.807) is 0 Å². The summed E-state index contributed by atoms with van der Waals surface area (Å²) in [5.41, 5.74) is 5.15. The second kappa shape index (κ2) is 3.89.